The van der Waals surface area contributed by atoms with Crippen molar-refractivity contribution in [1.82, 2.24) is 10.3 Å². The topological polar surface area (TPSA) is 43.4 Å². The van der Waals surface area contributed by atoms with Crippen LogP contribution in [0.2, 0.25) is 0 Å². The third kappa shape index (κ3) is 5.29. The summed E-state index contributed by atoms with van der Waals surface area (Å²) in [6.45, 7) is 10.3. The maximum absolute atomic E-state index is 6.11. The number of nitrogens with zero attached hydrogens (tertiary/aromatic N) is 1. The molecular formula is C17H28N2O2. The highest BCUT2D eigenvalue weighted by Gasteiger charge is 2.26. The van der Waals surface area contributed by atoms with Crippen molar-refractivity contribution in [2.45, 2.75) is 71.8 Å². The lowest BCUT2D eigenvalue weighted by Gasteiger charge is -2.32. The molecule has 0 amide bonds. The summed E-state index contributed by atoms with van der Waals surface area (Å²) in [4.78, 5) is 4.52. The number of aryl methyl sites for hydroxylation is 1. The molecule has 1 aliphatic rings. The number of hydrogen-bond acceptors (Lipinski definition) is 4. The highest BCUT2D eigenvalue weighted by Crippen LogP contribution is 2.24. The van der Waals surface area contributed by atoms with E-state index < -0.39 is 0 Å². The maximum atomic E-state index is 6.11. The fourth-order valence-electron chi connectivity index (χ4n) is 2.89. The van der Waals surface area contributed by atoms with Gasteiger partial charge in [0.25, 0.3) is 0 Å². The molecule has 4 nitrogen and oxygen atoms in total. The van der Waals surface area contributed by atoms with Gasteiger partial charge in [0, 0.05) is 31.1 Å². The molecule has 2 heterocycles. The minimum Gasteiger partial charge on any atom is -0.474 e. The van der Waals surface area contributed by atoms with Gasteiger partial charge in [-0.05, 0) is 45.4 Å². The van der Waals surface area contributed by atoms with Crippen LogP contribution in [0.3, 0.4) is 0 Å². The first kappa shape index (κ1) is 16.2. The number of nitrogens with one attached hydrogen (secondary N) is 1. The van der Waals surface area contributed by atoms with E-state index >= 15 is 0 Å². The first-order valence-corrected chi connectivity index (χ1v) is 8.07. The summed E-state index contributed by atoms with van der Waals surface area (Å²) in [5.74, 6) is 0.745. The summed E-state index contributed by atoms with van der Waals surface area (Å²) in [5, 5.41) is 3.42. The molecule has 1 aliphatic heterocycles. The van der Waals surface area contributed by atoms with Crippen molar-refractivity contribution in [1.29, 1.82) is 0 Å². The zero-order chi connectivity index (χ0) is 15.2. The Kier molecular flexibility index (Phi) is 6.00. The van der Waals surface area contributed by atoms with Crippen LogP contribution in [0.25, 0.3) is 0 Å². The van der Waals surface area contributed by atoms with Crippen molar-refractivity contribution < 1.29 is 9.47 Å². The van der Waals surface area contributed by atoms with E-state index in [0.717, 1.165) is 43.9 Å². The SMILES string of the molecule is CCCNCc1cc(C)nc(OC2CC(C)OC(C)C2)c1. The molecule has 0 spiro atoms. The van der Waals surface area contributed by atoms with Crippen molar-refractivity contribution in [3.8, 4) is 5.88 Å². The van der Waals surface area contributed by atoms with E-state index in [1.165, 1.54) is 5.56 Å². The van der Waals surface area contributed by atoms with E-state index in [4.69, 9.17) is 9.47 Å². The molecule has 1 aromatic heterocycles. The van der Waals surface area contributed by atoms with Gasteiger partial charge >= 0.3 is 0 Å². The minimum atomic E-state index is 0.203. The predicted octanol–water partition coefficient (Wildman–Crippen LogP) is 3.22. The summed E-state index contributed by atoms with van der Waals surface area (Å²) in [6, 6.07) is 4.17. The lowest BCUT2D eigenvalue weighted by atomic mass is 10.0. The molecule has 21 heavy (non-hydrogen) atoms. The van der Waals surface area contributed by atoms with Crippen molar-refractivity contribution in [3.05, 3.63) is 23.4 Å². The number of aromatic nitrogens is 1. The Hall–Kier alpha value is -1.13. The molecule has 118 valence electrons. The Bertz CT molecular complexity index is 440. The summed E-state index contributed by atoms with van der Waals surface area (Å²) in [6.07, 6.45) is 3.73. The highest BCUT2D eigenvalue weighted by molar-refractivity contribution is 5.24. The molecule has 4 heteroatoms. The maximum Gasteiger partial charge on any atom is 0.214 e. The third-order valence-corrected chi connectivity index (χ3v) is 3.69. The summed E-state index contributed by atoms with van der Waals surface area (Å²) < 4.78 is 11.9. The lowest BCUT2D eigenvalue weighted by Crippen LogP contribution is -2.35. The first-order chi connectivity index (χ1) is 10.1. The van der Waals surface area contributed by atoms with Gasteiger partial charge in [0.05, 0.1) is 12.2 Å². The number of rotatable bonds is 6. The second-order valence-corrected chi connectivity index (χ2v) is 6.10. The van der Waals surface area contributed by atoms with Gasteiger partial charge in [0.2, 0.25) is 5.88 Å². The van der Waals surface area contributed by atoms with E-state index in [1.807, 2.05) is 6.92 Å². The fourth-order valence-corrected chi connectivity index (χ4v) is 2.89. The van der Waals surface area contributed by atoms with Crippen LogP contribution in [-0.4, -0.2) is 29.8 Å². The van der Waals surface area contributed by atoms with Crippen LogP contribution in [0.1, 0.15) is 51.3 Å². The molecule has 2 atom stereocenters. The predicted molar refractivity (Wildman–Crippen MR) is 84.6 cm³/mol. The Morgan fingerprint density at radius 3 is 2.67 bits per heavy atom. The van der Waals surface area contributed by atoms with Crippen LogP contribution < -0.4 is 10.1 Å². The minimum absolute atomic E-state index is 0.203. The quantitative estimate of drug-likeness (QED) is 0.818. The van der Waals surface area contributed by atoms with Gasteiger partial charge in [-0.15, -0.1) is 0 Å². The molecule has 0 aromatic carbocycles. The van der Waals surface area contributed by atoms with Crippen molar-refractivity contribution in [2.75, 3.05) is 6.54 Å². The monoisotopic (exact) mass is 292 g/mol. The van der Waals surface area contributed by atoms with Crippen LogP contribution >= 0.6 is 0 Å². The van der Waals surface area contributed by atoms with Crippen LogP contribution in [0.4, 0.5) is 0 Å². The van der Waals surface area contributed by atoms with Gasteiger partial charge in [-0.3, -0.25) is 0 Å². The number of hydrogen-bond donors (Lipinski definition) is 1. The smallest absolute Gasteiger partial charge is 0.214 e. The number of pyridine rings is 1. The van der Waals surface area contributed by atoms with E-state index in [0.29, 0.717) is 0 Å². The first-order valence-electron chi connectivity index (χ1n) is 8.07. The highest BCUT2D eigenvalue weighted by atomic mass is 16.5. The zero-order valence-corrected chi connectivity index (χ0v) is 13.7. The van der Waals surface area contributed by atoms with Gasteiger partial charge in [-0.1, -0.05) is 6.92 Å². The van der Waals surface area contributed by atoms with E-state index in [-0.39, 0.29) is 18.3 Å². The van der Waals surface area contributed by atoms with Gasteiger partial charge in [-0.25, -0.2) is 4.98 Å². The van der Waals surface area contributed by atoms with Crippen molar-refractivity contribution >= 4 is 0 Å². The molecule has 1 fully saturated rings. The molecule has 0 radical (unpaired) electrons. The molecule has 1 saturated heterocycles. The van der Waals surface area contributed by atoms with Crippen LogP contribution in [0.5, 0.6) is 5.88 Å². The molecule has 2 rings (SSSR count). The standard InChI is InChI=1S/C17H28N2O2/c1-5-6-18-11-15-7-12(2)19-17(10-15)21-16-8-13(3)20-14(4)9-16/h7,10,13-14,16,18H,5-6,8-9,11H2,1-4H3. The zero-order valence-electron chi connectivity index (χ0n) is 13.7. The summed E-state index contributed by atoms with van der Waals surface area (Å²) in [7, 11) is 0. The number of ether oxygens (including phenoxy) is 2. The van der Waals surface area contributed by atoms with Crippen LogP contribution in [0, 0.1) is 6.92 Å². The molecular weight excluding hydrogens is 264 g/mol. The molecule has 1 aromatic rings. The molecule has 0 saturated carbocycles. The average molecular weight is 292 g/mol. The van der Waals surface area contributed by atoms with Gasteiger partial charge < -0.3 is 14.8 Å². The Balaban J connectivity index is 1.98. The van der Waals surface area contributed by atoms with E-state index in [1.54, 1.807) is 0 Å². The van der Waals surface area contributed by atoms with Crippen molar-refractivity contribution in [3.63, 3.8) is 0 Å². The summed E-state index contributed by atoms with van der Waals surface area (Å²) in [5.41, 5.74) is 2.24. The van der Waals surface area contributed by atoms with Gasteiger partial charge in [0.15, 0.2) is 0 Å². The van der Waals surface area contributed by atoms with Crippen molar-refractivity contribution in [2.24, 2.45) is 0 Å². The lowest BCUT2D eigenvalue weighted by molar-refractivity contribution is -0.0729. The van der Waals surface area contributed by atoms with Crippen LogP contribution in [0.15, 0.2) is 12.1 Å². The van der Waals surface area contributed by atoms with Crippen LogP contribution in [-0.2, 0) is 11.3 Å². The average Bonchev–Trinajstić information content (AvgIpc) is 2.37. The van der Waals surface area contributed by atoms with E-state index in [9.17, 15) is 0 Å². The largest absolute Gasteiger partial charge is 0.474 e. The fraction of sp³-hybridized carbons (Fsp3) is 0.706. The Morgan fingerprint density at radius 1 is 1.29 bits per heavy atom. The molecule has 1 N–H and O–H groups in total. The van der Waals surface area contributed by atoms with Gasteiger partial charge in [-0.2, -0.15) is 0 Å². The Labute approximate surface area is 128 Å². The normalized spacial score (nSPS) is 25.8. The third-order valence-electron chi connectivity index (χ3n) is 3.69. The Morgan fingerprint density at radius 2 is 2.00 bits per heavy atom. The second-order valence-electron chi connectivity index (χ2n) is 6.10. The molecule has 2 unspecified atom stereocenters. The van der Waals surface area contributed by atoms with Gasteiger partial charge in [0.1, 0.15) is 6.10 Å². The second kappa shape index (κ2) is 7.76. The molecule has 0 bridgehead atoms. The van der Waals surface area contributed by atoms with E-state index in [2.05, 4.69) is 43.2 Å². The molecule has 0 aliphatic carbocycles. The summed E-state index contributed by atoms with van der Waals surface area (Å²) >= 11 is 0.